The first kappa shape index (κ1) is 14.0. The Bertz CT molecular complexity index is 765. The monoisotopic (exact) mass is 297 g/mol. The molecule has 112 valence electrons. The fourth-order valence-corrected chi connectivity index (χ4v) is 1.87. The molecule has 0 aliphatic rings. The highest BCUT2D eigenvalue weighted by molar-refractivity contribution is 5.80. The highest BCUT2D eigenvalue weighted by Gasteiger charge is 2.04. The van der Waals surface area contributed by atoms with Crippen molar-refractivity contribution in [2.75, 3.05) is 12.0 Å². The number of aromatic nitrogens is 4. The lowest BCUT2D eigenvalue weighted by atomic mass is 10.2. The normalized spacial score (nSPS) is 11.1. The fourth-order valence-electron chi connectivity index (χ4n) is 1.87. The zero-order chi connectivity index (χ0) is 15.2. The molecule has 7 nitrogen and oxygen atoms in total. The summed E-state index contributed by atoms with van der Waals surface area (Å²) in [5, 5.41) is 15.2. The molecule has 0 aliphatic carbocycles. The number of nitrogens with zero attached hydrogens (tertiary/aromatic N) is 4. The molecule has 2 aromatic heterocycles. The number of nitrogens with one attached hydrogen (secondary N) is 2. The summed E-state index contributed by atoms with van der Waals surface area (Å²) >= 11 is 0. The number of anilines is 1. The van der Waals surface area contributed by atoms with Gasteiger partial charge in [0.2, 0.25) is 6.33 Å². The Labute approximate surface area is 127 Å². The molecule has 7 heteroatoms. The van der Waals surface area contributed by atoms with Crippen molar-refractivity contribution >= 4 is 17.7 Å². The highest BCUT2D eigenvalue weighted by Crippen LogP contribution is 2.11. The quantitative estimate of drug-likeness (QED) is 0.413. The van der Waals surface area contributed by atoms with E-state index in [4.69, 9.17) is 4.74 Å². The second-order valence-corrected chi connectivity index (χ2v) is 4.68. The molecule has 0 amide bonds. The number of hydrogen-bond donors (Lipinski definition) is 2. The molecule has 3 aromatic rings. The van der Waals surface area contributed by atoms with Crippen molar-refractivity contribution in [1.29, 1.82) is 0 Å². The zero-order valence-electron chi connectivity index (χ0n) is 12.2. The highest BCUT2D eigenvalue weighted by atomic mass is 16.5. The molecule has 0 bridgehead atoms. The summed E-state index contributed by atoms with van der Waals surface area (Å²) in [7, 11) is 0. The number of ether oxygens (including phenoxy) is 1. The predicted molar refractivity (Wildman–Crippen MR) is 83.0 cm³/mol. The van der Waals surface area contributed by atoms with E-state index in [0.29, 0.717) is 5.82 Å². The van der Waals surface area contributed by atoms with E-state index in [9.17, 15) is 0 Å². The Kier molecular flexibility index (Phi) is 4.24. The maximum Gasteiger partial charge on any atom is 0.325 e. The van der Waals surface area contributed by atoms with Gasteiger partial charge in [-0.2, -0.15) is 5.10 Å². The first-order chi connectivity index (χ1) is 10.8. The molecule has 22 heavy (non-hydrogen) atoms. The van der Waals surface area contributed by atoms with Crippen molar-refractivity contribution in [2.45, 2.75) is 13.3 Å². The average Bonchev–Trinajstić information content (AvgIpc) is 3.02. The van der Waals surface area contributed by atoms with E-state index >= 15 is 0 Å². The minimum Gasteiger partial charge on any atom is -0.494 e. The van der Waals surface area contributed by atoms with Crippen molar-refractivity contribution in [1.82, 2.24) is 15.3 Å². The van der Waals surface area contributed by atoms with Crippen LogP contribution in [0.3, 0.4) is 0 Å². The van der Waals surface area contributed by atoms with Crippen LogP contribution in [0.2, 0.25) is 0 Å². The van der Waals surface area contributed by atoms with Gasteiger partial charge in [0.25, 0.3) is 0 Å². The fraction of sp³-hybridized carbons (Fsp3) is 0.200. The topological polar surface area (TPSA) is 79.3 Å². The summed E-state index contributed by atoms with van der Waals surface area (Å²) in [6.07, 6.45) is 4.40. The molecule has 0 saturated heterocycles. The van der Waals surface area contributed by atoms with Gasteiger partial charge in [-0.25, -0.2) is 0 Å². The molecule has 0 saturated carbocycles. The number of H-pyrrole nitrogens is 1. The van der Waals surface area contributed by atoms with Gasteiger partial charge in [-0.1, -0.05) is 12.0 Å². The molecule has 0 fully saturated rings. The maximum atomic E-state index is 5.54. The van der Waals surface area contributed by atoms with Crippen LogP contribution in [0, 0.1) is 0 Å². The van der Waals surface area contributed by atoms with Gasteiger partial charge in [0.1, 0.15) is 5.75 Å². The van der Waals surface area contributed by atoms with E-state index in [1.54, 1.807) is 17.1 Å². The minimum absolute atomic E-state index is 0.637. The Balaban J connectivity index is 1.61. The summed E-state index contributed by atoms with van der Waals surface area (Å²) in [5.41, 5.74) is 4.62. The molecular formula is C15H17N6O+. The van der Waals surface area contributed by atoms with Crippen LogP contribution >= 0.6 is 0 Å². The Morgan fingerprint density at radius 3 is 2.95 bits per heavy atom. The van der Waals surface area contributed by atoms with Crippen LogP contribution in [0.1, 0.15) is 18.9 Å². The lowest BCUT2D eigenvalue weighted by molar-refractivity contribution is -0.579. The van der Waals surface area contributed by atoms with Crippen LogP contribution < -0.4 is 14.7 Å². The predicted octanol–water partition coefficient (Wildman–Crippen LogP) is 1.78. The van der Waals surface area contributed by atoms with Gasteiger partial charge in [-0.3, -0.25) is 5.43 Å². The average molecular weight is 297 g/mol. The van der Waals surface area contributed by atoms with Crippen molar-refractivity contribution in [2.24, 2.45) is 5.10 Å². The van der Waals surface area contributed by atoms with Gasteiger partial charge in [0, 0.05) is 11.2 Å². The standard InChI is InChI=1S/C15H16N6O/c1-2-9-22-13-5-3-12(4-6-13)10-16-18-14-7-8-15-19-17-11-21(15)20-14/h3-8,10-11H,2,9H2,1H3,(H,18,20)/p+1. The van der Waals surface area contributed by atoms with E-state index in [1.807, 2.05) is 36.4 Å². The molecule has 2 heterocycles. The second kappa shape index (κ2) is 6.66. The molecule has 0 radical (unpaired) electrons. The molecule has 3 rings (SSSR count). The number of aromatic amines is 1. The summed E-state index contributed by atoms with van der Waals surface area (Å²) in [5.74, 6) is 1.51. The lowest BCUT2D eigenvalue weighted by Gasteiger charge is -2.03. The van der Waals surface area contributed by atoms with Crippen LogP contribution in [0.25, 0.3) is 5.65 Å². The van der Waals surface area contributed by atoms with Crippen LogP contribution in [0.4, 0.5) is 5.82 Å². The smallest absolute Gasteiger partial charge is 0.325 e. The van der Waals surface area contributed by atoms with Gasteiger partial charge in [0.15, 0.2) is 5.82 Å². The summed E-state index contributed by atoms with van der Waals surface area (Å²) < 4.78 is 7.17. The number of rotatable bonds is 6. The summed E-state index contributed by atoms with van der Waals surface area (Å²) in [6, 6.07) is 11.4. The molecule has 0 atom stereocenters. The number of fused-ring (bicyclic) bond motifs is 1. The summed E-state index contributed by atoms with van der Waals surface area (Å²) in [4.78, 5) is 0. The van der Waals surface area contributed by atoms with Crippen LogP contribution in [0.15, 0.2) is 47.8 Å². The van der Waals surface area contributed by atoms with Crippen LogP contribution in [0.5, 0.6) is 5.75 Å². The van der Waals surface area contributed by atoms with Gasteiger partial charge in [-0.05, 0) is 42.3 Å². The lowest BCUT2D eigenvalue weighted by Crippen LogP contribution is -2.24. The molecular weight excluding hydrogens is 280 g/mol. The third kappa shape index (κ3) is 3.38. The number of hydrogen-bond acceptors (Lipinski definition) is 5. The summed E-state index contributed by atoms with van der Waals surface area (Å²) in [6.45, 7) is 2.81. The van der Waals surface area contributed by atoms with Gasteiger partial charge < -0.3 is 4.74 Å². The molecule has 0 unspecified atom stereocenters. The Morgan fingerprint density at radius 1 is 1.27 bits per heavy atom. The van der Waals surface area contributed by atoms with Gasteiger partial charge in [0.05, 0.1) is 12.8 Å². The number of hydrazone groups is 1. The molecule has 0 aliphatic heterocycles. The largest absolute Gasteiger partial charge is 0.494 e. The SMILES string of the molecule is CCCOc1ccc(C=NNc2ccc3n[nH]c[n+]3n2)cc1. The first-order valence-electron chi connectivity index (χ1n) is 7.09. The number of benzene rings is 1. The third-order valence-corrected chi connectivity index (χ3v) is 2.95. The first-order valence-corrected chi connectivity index (χ1v) is 7.09. The van der Waals surface area contributed by atoms with E-state index < -0.39 is 0 Å². The van der Waals surface area contributed by atoms with E-state index in [1.165, 1.54) is 0 Å². The van der Waals surface area contributed by atoms with Crippen LogP contribution in [-0.2, 0) is 0 Å². The van der Waals surface area contributed by atoms with Crippen molar-refractivity contribution < 1.29 is 9.25 Å². The van der Waals surface area contributed by atoms with E-state index in [0.717, 1.165) is 30.0 Å². The Morgan fingerprint density at radius 2 is 2.14 bits per heavy atom. The van der Waals surface area contributed by atoms with Crippen LogP contribution in [-0.4, -0.2) is 28.1 Å². The zero-order valence-corrected chi connectivity index (χ0v) is 12.2. The van der Waals surface area contributed by atoms with E-state index in [-0.39, 0.29) is 0 Å². The van der Waals surface area contributed by atoms with Gasteiger partial charge >= 0.3 is 5.65 Å². The molecule has 0 spiro atoms. The molecule has 2 N–H and O–H groups in total. The maximum absolute atomic E-state index is 5.54. The second-order valence-electron chi connectivity index (χ2n) is 4.68. The third-order valence-electron chi connectivity index (χ3n) is 2.95. The van der Waals surface area contributed by atoms with Gasteiger partial charge in [-0.15, -0.1) is 9.61 Å². The Hall–Kier alpha value is -2.96. The van der Waals surface area contributed by atoms with E-state index in [2.05, 4.69) is 32.7 Å². The minimum atomic E-state index is 0.637. The van der Waals surface area contributed by atoms with Crippen molar-refractivity contribution in [3.8, 4) is 5.75 Å². The van der Waals surface area contributed by atoms with Crippen molar-refractivity contribution in [3.05, 3.63) is 48.3 Å². The van der Waals surface area contributed by atoms with Crippen molar-refractivity contribution in [3.63, 3.8) is 0 Å². The molecule has 1 aromatic carbocycles.